The highest BCUT2D eigenvalue weighted by Crippen LogP contribution is 2.32. The molecular weight excluding hydrogens is 380 g/mol. The van der Waals surface area contributed by atoms with E-state index in [0.717, 1.165) is 15.8 Å². The van der Waals surface area contributed by atoms with Gasteiger partial charge >= 0.3 is 5.97 Å². The number of hydrogen-bond donors (Lipinski definition) is 1. The smallest absolute Gasteiger partial charge is 0.355 e. The molecule has 0 spiro atoms. The fourth-order valence-corrected chi connectivity index (χ4v) is 4.08. The lowest BCUT2D eigenvalue weighted by atomic mass is 10.2. The molecule has 1 aliphatic heterocycles. The van der Waals surface area contributed by atoms with E-state index in [2.05, 4.69) is 5.32 Å². The number of rotatable bonds is 5. The summed E-state index contributed by atoms with van der Waals surface area (Å²) in [5.74, 6) is 0.465. The second-order valence-corrected chi connectivity index (χ2v) is 7.94. The molecule has 0 fully saturated rings. The Morgan fingerprint density at radius 2 is 2.04 bits per heavy atom. The number of thiophene rings is 1. The summed E-state index contributed by atoms with van der Waals surface area (Å²) < 4.78 is 18.8. The van der Waals surface area contributed by atoms with Gasteiger partial charge in [-0.05, 0) is 43.7 Å². The van der Waals surface area contributed by atoms with Gasteiger partial charge in [-0.25, -0.2) is 4.79 Å². The molecule has 0 saturated heterocycles. The molecule has 0 bridgehead atoms. The molecule has 146 valence electrons. The van der Waals surface area contributed by atoms with Crippen LogP contribution in [0.5, 0.6) is 11.5 Å². The second-order valence-electron chi connectivity index (χ2n) is 6.65. The molecule has 1 atom stereocenters. The SMILES string of the molecule is Cc1cc2c(cc(C(=O)O[C@@H](C)C(=O)NCc3ccc4c(c3)OCO4)n2C)s1. The Labute approximate surface area is 165 Å². The van der Waals surface area contributed by atoms with Crippen molar-refractivity contribution in [3.63, 3.8) is 0 Å². The maximum absolute atomic E-state index is 12.5. The zero-order chi connectivity index (χ0) is 19.8. The fraction of sp³-hybridized carbons (Fsp3) is 0.300. The van der Waals surface area contributed by atoms with Crippen LogP contribution >= 0.6 is 11.3 Å². The van der Waals surface area contributed by atoms with Crippen LogP contribution in [-0.4, -0.2) is 29.3 Å². The van der Waals surface area contributed by atoms with Crippen molar-refractivity contribution >= 4 is 33.4 Å². The molecule has 3 heterocycles. The Morgan fingerprint density at radius 3 is 2.82 bits per heavy atom. The molecule has 7 nitrogen and oxygen atoms in total. The number of ether oxygens (including phenoxy) is 3. The van der Waals surface area contributed by atoms with Crippen LogP contribution in [-0.2, 0) is 23.1 Å². The summed E-state index contributed by atoms with van der Waals surface area (Å²) >= 11 is 1.62. The molecule has 1 aromatic carbocycles. The van der Waals surface area contributed by atoms with Crippen molar-refractivity contribution in [2.24, 2.45) is 7.05 Å². The van der Waals surface area contributed by atoms with Crippen LogP contribution in [0.2, 0.25) is 0 Å². The van der Waals surface area contributed by atoms with Crippen molar-refractivity contribution in [1.29, 1.82) is 0 Å². The van der Waals surface area contributed by atoms with Gasteiger partial charge in [-0.15, -0.1) is 11.3 Å². The topological polar surface area (TPSA) is 78.8 Å². The van der Waals surface area contributed by atoms with Gasteiger partial charge in [0.15, 0.2) is 17.6 Å². The normalized spacial score (nSPS) is 13.5. The average Bonchev–Trinajstić information content (AvgIpc) is 3.35. The number of carbonyl (C=O) groups is 2. The Kier molecular flexibility index (Phi) is 4.72. The molecule has 8 heteroatoms. The first-order valence-electron chi connectivity index (χ1n) is 8.85. The van der Waals surface area contributed by atoms with E-state index in [1.54, 1.807) is 35.0 Å². The number of nitrogens with one attached hydrogen (secondary N) is 1. The van der Waals surface area contributed by atoms with Crippen LogP contribution < -0.4 is 14.8 Å². The van der Waals surface area contributed by atoms with Crippen molar-refractivity contribution in [1.82, 2.24) is 9.88 Å². The Balaban J connectivity index is 1.36. The maximum atomic E-state index is 12.5. The number of aromatic nitrogens is 1. The molecule has 1 N–H and O–H groups in total. The first-order chi connectivity index (χ1) is 13.4. The van der Waals surface area contributed by atoms with Crippen molar-refractivity contribution in [2.75, 3.05) is 6.79 Å². The lowest BCUT2D eigenvalue weighted by Gasteiger charge is -2.14. The molecule has 2 aromatic heterocycles. The van der Waals surface area contributed by atoms with E-state index in [0.29, 0.717) is 23.7 Å². The zero-order valence-corrected chi connectivity index (χ0v) is 16.6. The molecule has 28 heavy (non-hydrogen) atoms. The number of fused-ring (bicyclic) bond motifs is 2. The molecule has 1 aliphatic rings. The third-order valence-electron chi connectivity index (χ3n) is 4.62. The van der Waals surface area contributed by atoms with Crippen LogP contribution in [0.3, 0.4) is 0 Å². The largest absolute Gasteiger partial charge is 0.454 e. The lowest BCUT2D eigenvalue weighted by Crippen LogP contribution is -2.35. The van der Waals surface area contributed by atoms with Crippen LogP contribution in [0.25, 0.3) is 10.2 Å². The van der Waals surface area contributed by atoms with Crippen molar-refractivity contribution in [3.05, 3.63) is 46.5 Å². The van der Waals surface area contributed by atoms with E-state index >= 15 is 0 Å². The van der Waals surface area contributed by atoms with E-state index in [1.807, 2.05) is 32.2 Å². The number of benzene rings is 1. The standard InChI is InChI=1S/C20H20N2O5S/c1-11-6-14-18(28-11)8-15(22(14)3)20(24)27-12(2)19(23)21-9-13-4-5-16-17(7-13)26-10-25-16/h4-8,12H,9-10H2,1-3H3,(H,21,23)/t12-/m0/s1. The van der Waals surface area contributed by atoms with Crippen LogP contribution in [0.15, 0.2) is 30.3 Å². The molecule has 0 unspecified atom stereocenters. The Morgan fingerprint density at radius 1 is 1.25 bits per heavy atom. The summed E-state index contributed by atoms with van der Waals surface area (Å²) in [5.41, 5.74) is 2.28. The highest BCUT2D eigenvalue weighted by Gasteiger charge is 2.22. The number of hydrogen-bond acceptors (Lipinski definition) is 6. The van der Waals surface area contributed by atoms with Crippen molar-refractivity contribution < 1.29 is 23.8 Å². The van der Waals surface area contributed by atoms with Gasteiger partial charge in [-0.2, -0.15) is 0 Å². The van der Waals surface area contributed by atoms with Gasteiger partial charge in [-0.3, -0.25) is 4.79 Å². The summed E-state index contributed by atoms with van der Waals surface area (Å²) in [6, 6.07) is 9.29. The molecular formula is C20H20N2O5S. The van der Waals surface area contributed by atoms with Crippen LogP contribution in [0, 0.1) is 6.92 Å². The van der Waals surface area contributed by atoms with E-state index in [9.17, 15) is 9.59 Å². The van der Waals surface area contributed by atoms with Crippen LogP contribution in [0.1, 0.15) is 27.9 Å². The first kappa shape index (κ1) is 18.4. The summed E-state index contributed by atoms with van der Waals surface area (Å²) in [5, 5.41) is 2.77. The molecule has 3 aromatic rings. The van der Waals surface area contributed by atoms with Crippen molar-refractivity contribution in [3.8, 4) is 11.5 Å². The summed E-state index contributed by atoms with van der Waals surface area (Å²) in [6.07, 6.45) is -0.906. The Bertz CT molecular complexity index is 1070. The van der Waals surface area contributed by atoms with Gasteiger partial charge in [0.1, 0.15) is 5.69 Å². The highest BCUT2D eigenvalue weighted by molar-refractivity contribution is 7.19. The lowest BCUT2D eigenvalue weighted by molar-refractivity contribution is -0.129. The van der Waals surface area contributed by atoms with Gasteiger partial charge in [0.25, 0.3) is 5.91 Å². The molecule has 1 amide bonds. The minimum absolute atomic E-state index is 0.203. The number of aryl methyl sites for hydroxylation is 2. The van der Waals surface area contributed by atoms with E-state index in [4.69, 9.17) is 14.2 Å². The minimum Gasteiger partial charge on any atom is -0.454 e. The summed E-state index contributed by atoms with van der Waals surface area (Å²) in [6.45, 7) is 4.09. The number of carbonyl (C=O) groups excluding carboxylic acids is 2. The maximum Gasteiger partial charge on any atom is 0.355 e. The van der Waals surface area contributed by atoms with Gasteiger partial charge in [-0.1, -0.05) is 6.07 Å². The Hall–Kier alpha value is -3.00. The average molecular weight is 400 g/mol. The number of nitrogens with zero attached hydrogens (tertiary/aromatic N) is 1. The van der Waals surface area contributed by atoms with Gasteiger partial charge < -0.3 is 24.1 Å². The first-order valence-corrected chi connectivity index (χ1v) is 9.67. The van der Waals surface area contributed by atoms with Crippen molar-refractivity contribution in [2.45, 2.75) is 26.5 Å². The number of esters is 1. The quantitative estimate of drug-likeness (QED) is 0.666. The molecule has 0 radical (unpaired) electrons. The second kappa shape index (κ2) is 7.20. The predicted octanol–water partition coefficient (Wildman–Crippen LogP) is 3.14. The third kappa shape index (κ3) is 3.43. The highest BCUT2D eigenvalue weighted by atomic mass is 32.1. The van der Waals surface area contributed by atoms with Gasteiger partial charge in [0, 0.05) is 18.5 Å². The summed E-state index contributed by atoms with van der Waals surface area (Å²) in [4.78, 5) is 26.0. The molecule has 4 rings (SSSR count). The fourth-order valence-electron chi connectivity index (χ4n) is 3.09. The predicted molar refractivity (Wildman–Crippen MR) is 105 cm³/mol. The third-order valence-corrected chi connectivity index (χ3v) is 5.61. The monoisotopic (exact) mass is 400 g/mol. The van der Waals surface area contributed by atoms with E-state index in [-0.39, 0.29) is 12.7 Å². The minimum atomic E-state index is -0.906. The summed E-state index contributed by atoms with van der Waals surface area (Å²) in [7, 11) is 1.81. The van der Waals surface area contributed by atoms with Gasteiger partial charge in [0.05, 0.1) is 10.2 Å². The molecule has 0 aliphatic carbocycles. The number of amides is 1. The van der Waals surface area contributed by atoms with Gasteiger partial charge in [0.2, 0.25) is 6.79 Å². The zero-order valence-electron chi connectivity index (χ0n) is 15.8. The van der Waals surface area contributed by atoms with Crippen LogP contribution in [0.4, 0.5) is 0 Å². The van der Waals surface area contributed by atoms with E-state index < -0.39 is 12.1 Å². The van der Waals surface area contributed by atoms with E-state index in [1.165, 1.54) is 4.88 Å². The molecule has 0 saturated carbocycles.